The van der Waals surface area contributed by atoms with Gasteiger partial charge in [0.25, 0.3) is 0 Å². The van der Waals surface area contributed by atoms with Crippen LogP contribution in [0.4, 0.5) is 4.39 Å². The van der Waals surface area contributed by atoms with E-state index < -0.39 is 6.10 Å². The lowest BCUT2D eigenvalue weighted by molar-refractivity contribution is -0.134. The van der Waals surface area contributed by atoms with Crippen LogP contribution in [0.1, 0.15) is 31.2 Å². The lowest BCUT2D eigenvalue weighted by atomic mass is 9.91. The standard InChI is InChI=1S/C15H20FNO2/c1-17(13-8-4-5-9-14(13)18)15(19)10-11-6-2-3-7-12(11)16/h2-3,6-7,13-14,18H,4-5,8-10H2,1H3. The van der Waals surface area contributed by atoms with Crippen molar-refractivity contribution in [1.82, 2.24) is 4.90 Å². The van der Waals surface area contributed by atoms with Crippen molar-refractivity contribution in [2.45, 2.75) is 44.2 Å². The van der Waals surface area contributed by atoms with Gasteiger partial charge in [-0.1, -0.05) is 31.0 Å². The molecule has 1 aromatic carbocycles. The van der Waals surface area contributed by atoms with E-state index in [1.54, 1.807) is 30.1 Å². The van der Waals surface area contributed by atoms with Crippen molar-refractivity contribution in [1.29, 1.82) is 0 Å². The summed E-state index contributed by atoms with van der Waals surface area (Å²) in [5, 5.41) is 9.94. The third-order valence-electron chi connectivity index (χ3n) is 3.88. The fourth-order valence-corrected chi connectivity index (χ4v) is 2.66. The van der Waals surface area contributed by atoms with Crippen LogP contribution in [-0.4, -0.2) is 35.1 Å². The Kier molecular flexibility index (Phi) is 4.53. The number of aliphatic hydroxyl groups excluding tert-OH is 1. The number of rotatable bonds is 3. The lowest BCUT2D eigenvalue weighted by Crippen LogP contribution is -2.46. The van der Waals surface area contributed by atoms with E-state index in [0.717, 1.165) is 25.7 Å². The van der Waals surface area contributed by atoms with Crippen LogP contribution >= 0.6 is 0 Å². The monoisotopic (exact) mass is 265 g/mol. The number of benzene rings is 1. The molecule has 4 heteroatoms. The second-order valence-corrected chi connectivity index (χ2v) is 5.19. The predicted molar refractivity (Wildman–Crippen MR) is 71.1 cm³/mol. The molecule has 2 atom stereocenters. The summed E-state index contributed by atoms with van der Waals surface area (Å²) in [6.45, 7) is 0. The minimum Gasteiger partial charge on any atom is -0.391 e. The molecule has 0 heterocycles. The molecule has 1 aliphatic rings. The fraction of sp³-hybridized carbons (Fsp3) is 0.533. The Labute approximate surface area is 113 Å². The molecule has 19 heavy (non-hydrogen) atoms. The van der Waals surface area contributed by atoms with Crippen LogP contribution < -0.4 is 0 Å². The molecule has 1 aliphatic carbocycles. The topological polar surface area (TPSA) is 40.5 Å². The molecular formula is C15H20FNO2. The van der Waals surface area contributed by atoms with Crippen molar-refractivity contribution in [3.8, 4) is 0 Å². The average Bonchev–Trinajstić information content (AvgIpc) is 2.41. The highest BCUT2D eigenvalue weighted by Gasteiger charge is 2.29. The summed E-state index contributed by atoms with van der Waals surface area (Å²) in [6, 6.07) is 6.18. The molecule has 0 aliphatic heterocycles. The van der Waals surface area contributed by atoms with E-state index >= 15 is 0 Å². The van der Waals surface area contributed by atoms with Gasteiger partial charge in [0, 0.05) is 7.05 Å². The molecule has 1 saturated carbocycles. The van der Waals surface area contributed by atoms with Crippen molar-refractivity contribution < 1.29 is 14.3 Å². The van der Waals surface area contributed by atoms with Gasteiger partial charge in [-0.15, -0.1) is 0 Å². The second kappa shape index (κ2) is 6.15. The molecule has 1 amide bonds. The summed E-state index contributed by atoms with van der Waals surface area (Å²) < 4.78 is 13.5. The maximum atomic E-state index is 13.5. The van der Waals surface area contributed by atoms with E-state index in [1.807, 2.05) is 0 Å². The van der Waals surface area contributed by atoms with E-state index in [2.05, 4.69) is 0 Å². The maximum absolute atomic E-state index is 13.5. The maximum Gasteiger partial charge on any atom is 0.227 e. The van der Waals surface area contributed by atoms with Crippen molar-refractivity contribution in [3.05, 3.63) is 35.6 Å². The van der Waals surface area contributed by atoms with Gasteiger partial charge in [0.15, 0.2) is 0 Å². The normalized spacial score (nSPS) is 23.1. The van der Waals surface area contributed by atoms with E-state index in [4.69, 9.17) is 0 Å². The summed E-state index contributed by atoms with van der Waals surface area (Å²) in [5.74, 6) is -0.496. The Hall–Kier alpha value is -1.42. The summed E-state index contributed by atoms with van der Waals surface area (Å²) >= 11 is 0. The van der Waals surface area contributed by atoms with Crippen molar-refractivity contribution >= 4 is 5.91 Å². The van der Waals surface area contributed by atoms with Crippen LogP contribution in [0.3, 0.4) is 0 Å². The van der Waals surface area contributed by atoms with Gasteiger partial charge in [-0.3, -0.25) is 4.79 Å². The second-order valence-electron chi connectivity index (χ2n) is 5.19. The summed E-state index contributed by atoms with van der Waals surface area (Å²) in [6.07, 6.45) is 3.18. The molecule has 1 aromatic rings. The highest BCUT2D eigenvalue weighted by molar-refractivity contribution is 5.79. The molecule has 0 aromatic heterocycles. The van der Waals surface area contributed by atoms with Crippen molar-refractivity contribution in [2.75, 3.05) is 7.05 Å². The van der Waals surface area contributed by atoms with Crippen LogP contribution in [0.25, 0.3) is 0 Å². The zero-order chi connectivity index (χ0) is 13.8. The smallest absolute Gasteiger partial charge is 0.227 e. The molecule has 0 saturated heterocycles. The third-order valence-corrected chi connectivity index (χ3v) is 3.88. The summed E-state index contributed by atoms with van der Waals surface area (Å²) in [4.78, 5) is 13.7. The molecule has 2 unspecified atom stereocenters. The van der Waals surface area contributed by atoms with Gasteiger partial charge in [0.2, 0.25) is 5.91 Å². The van der Waals surface area contributed by atoms with Gasteiger partial charge in [-0.05, 0) is 24.5 Å². The van der Waals surface area contributed by atoms with Gasteiger partial charge >= 0.3 is 0 Å². The van der Waals surface area contributed by atoms with E-state index in [-0.39, 0.29) is 24.2 Å². The molecule has 0 spiro atoms. The van der Waals surface area contributed by atoms with Crippen molar-refractivity contribution in [3.63, 3.8) is 0 Å². The van der Waals surface area contributed by atoms with Gasteiger partial charge in [-0.2, -0.15) is 0 Å². The molecule has 1 fully saturated rings. The molecule has 1 N–H and O–H groups in total. The number of amides is 1. The molecule has 0 radical (unpaired) electrons. The SMILES string of the molecule is CN(C(=O)Cc1ccccc1F)C1CCCCC1O. The fourth-order valence-electron chi connectivity index (χ4n) is 2.66. The highest BCUT2D eigenvalue weighted by Crippen LogP contribution is 2.23. The first-order valence-electron chi connectivity index (χ1n) is 6.76. The zero-order valence-corrected chi connectivity index (χ0v) is 11.2. The summed E-state index contributed by atoms with van der Waals surface area (Å²) in [7, 11) is 1.70. The Bertz CT molecular complexity index is 450. The highest BCUT2D eigenvalue weighted by atomic mass is 19.1. The van der Waals surface area contributed by atoms with Gasteiger partial charge in [0.05, 0.1) is 18.6 Å². The quantitative estimate of drug-likeness (QED) is 0.909. The molecule has 2 rings (SSSR count). The third kappa shape index (κ3) is 3.32. The Morgan fingerprint density at radius 3 is 2.74 bits per heavy atom. The van der Waals surface area contributed by atoms with Crippen LogP contribution in [0, 0.1) is 5.82 Å². The van der Waals surface area contributed by atoms with Gasteiger partial charge in [-0.25, -0.2) is 4.39 Å². The van der Waals surface area contributed by atoms with Crippen LogP contribution in [0.15, 0.2) is 24.3 Å². The zero-order valence-electron chi connectivity index (χ0n) is 11.2. The van der Waals surface area contributed by atoms with Gasteiger partial charge < -0.3 is 10.0 Å². The largest absolute Gasteiger partial charge is 0.391 e. The first-order valence-corrected chi connectivity index (χ1v) is 6.76. The number of carbonyl (C=O) groups is 1. The van der Waals surface area contributed by atoms with Crippen molar-refractivity contribution in [2.24, 2.45) is 0 Å². The lowest BCUT2D eigenvalue weighted by Gasteiger charge is -2.35. The predicted octanol–water partition coefficient (Wildman–Crippen LogP) is 2.13. The minimum atomic E-state index is -0.455. The van der Waals surface area contributed by atoms with E-state index in [0.29, 0.717) is 5.56 Å². The number of halogens is 1. The number of carbonyl (C=O) groups excluding carboxylic acids is 1. The summed E-state index contributed by atoms with van der Waals surface area (Å²) in [5.41, 5.74) is 0.407. The first-order chi connectivity index (χ1) is 9.09. The number of hydrogen-bond donors (Lipinski definition) is 1. The molecule has 104 valence electrons. The number of aliphatic hydroxyl groups is 1. The number of nitrogens with zero attached hydrogens (tertiary/aromatic N) is 1. The minimum absolute atomic E-state index is 0.0480. The average molecular weight is 265 g/mol. The molecule has 0 bridgehead atoms. The van der Waals surface area contributed by atoms with E-state index in [1.165, 1.54) is 6.07 Å². The van der Waals surface area contributed by atoms with Crippen LogP contribution in [0.5, 0.6) is 0 Å². The number of hydrogen-bond acceptors (Lipinski definition) is 2. The first kappa shape index (κ1) is 14.0. The Morgan fingerprint density at radius 2 is 2.05 bits per heavy atom. The van der Waals surface area contributed by atoms with E-state index in [9.17, 15) is 14.3 Å². The Morgan fingerprint density at radius 1 is 1.37 bits per heavy atom. The molecule has 3 nitrogen and oxygen atoms in total. The van der Waals surface area contributed by atoms with Crippen LogP contribution in [-0.2, 0) is 11.2 Å². The Balaban J connectivity index is 2.01. The van der Waals surface area contributed by atoms with Crippen LogP contribution in [0.2, 0.25) is 0 Å². The molecular weight excluding hydrogens is 245 g/mol. The number of likely N-dealkylation sites (N-methyl/N-ethyl adjacent to an activating group) is 1. The van der Waals surface area contributed by atoms with Gasteiger partial charge in [0.1, 0.15) is 5.82 Å².